The number of alkyl halides is 3. The molecule has 4 rings (SSSR count). The Balaban J connectivity index is 1.81. The van der Waals surface area contributed by atoms with Gasteiger partial charge in [-0.25, -0.2) is 14.8 Å². The van der Waals surface area contributed by atoms with Crippen molar-refractivity contribution in [2.45, 2.75) is 12.7 Å². The first kappa shape index (κ1) is 17.6. The van der Waals surface area contributed by atoms with Crippen LogP contribution in [0.2, 0.25) is 0 Å². The fourth-order valence-electron chi connectivity index (χ4n) is 2.94. The zero-order chi connectivity index (χ0) is 20.1. The molecule has 0 bridgehead atoms. The summed E-state index contributed by atoms with van der Waals surface area (Å²) in [5, 5.41) is 13.5. The monoisotopic (exact) mass is 393 g/mol. The lowest BCUT2D eigenvalue weighted by Gasteiger charge is -2.30. The third-order valence-corrected chi connectivity index (χ3v) is 4.14. The van der Waals surface area contributed by atoms with Gasteiger partial charge in [-0.05, 0) is 18.2 Å². The number of halogens is 3. The molecule has 144 valence electrons. The minimum absolute atomic E-state index is 0.0492. The SMILES string of the molecule is O=C(ON1c2ccc([N+](=O)[O-])cc2CN1c1ccnc2[nH]ccc12)C(F)(F)F. The van der Waals surface area contributed by atoms with Crippen LogP contribution in [0.1, 0.15) is 5.56 Å². The highest BCUT2D eigenvalue weighted by molar-refractivity contribution is 5.91. The number of carbonyl (C=O) groups is 1. The minimum Gasteiger partial charge on any atom is -0.346 e. The van der Waals surface area contributed by atoms with Gasteiger partial charge in [0.1, 0.15) is 11.3 Å². The second-order valence-electron chi connectivity index (χ2n) is 5.85. The zero-order valence-electron chi connectivity index (χ0n) is 13.8. The number of non-ortho nitro benzene ring substituents is 1. The Labute approximate surface area is 154 Å². The van der Waals surface area contributed by atoms with Gasteiger partial charge in [0.05, 0.1) is 17.2 Å². The summed E-state index contributed by atoms with van der Waals surface area (Å²) >= 11 is 0. The summed E-state index contributed by atoms with van der Waals surface area (Å²) in [5.41, 5.74) is 1.05. The molecule has 28 heavy (non-hydrogen) atoms. The smallest absolute Gasteiger partial charge is 0.346 e. The molecule has 0 spiro atoms. The summed E-state index contributed by atoms with van der Waals surface area (Å²) < 4.78 is 38.3. The number of benzene rings is 1. The zero-order valence-corrected chi connectivity index (χ0v) is 13.8. The van der Waals surface area contributed by atoms with E-state index in [1.807, 2.05) is 0 Å². The van der Waals surface area contributed by atoms with Crippen molar-refractivity contribution in [2.24, 2.45) is 0 Å². The molecule has 1 aliphatic heterocycles. The van der Waals surface area contributed by atoms with Crippen molar-refractivity contribution < 1.29 is 27.7 Å². The van der Waals surface area contributed by atoms with Gasteiger partial charge in [-0.3, -0.25) is 10.1 Å². The van der Waals surface area contributed by atoms with Crippen LogP contribution < -0.4 is 10.2 Å². The maximum Gasteiger partial charge on any atom is 0.493 e. The summed E-state index contributed by atoms with van der Waals surface area (Å²) in [4.78, 5) is 33.4. The first-order valence-corrected chi connectivity index (χ1v) is 7.82. The van der Waals surface area contributed by atoms with Crippen LogP contribution in [0.5, 0.6) is 0 Å². The van der Waals surface area contributed by atoms with Gasteiger partial charge in [-0.1, -0.05) is 0 Å². The van der Waals surface area contributed by atoms with Gasteiger partial charge in [-0.2, -0.15) is 13.2 Å². The van der Waals surface area contributed by atoms with Crippen molar-refractivity contribution in [2.75, 3.05) is 10.2 Å². The van der Waals surface area contributed by atoms with Crippen LogP contribution in [0.4, 0.5) is 30.2 Å². The Morgan fingerprint density at radius 2 is 2.04 bits per heavy atom. The van der Waals surface area contributed by atoms with Gasteiger partial charge < -0.3 is 9.82 Å². The van der Waals surface area contributed by atoms with Crippen molar-refractivity contribution in [3.63, 3.8) is 0 Å². The van der Waals surface area contributed by atoms with Crippen molar-refractivity contribution in [1.29, 1.82) is 0 Å². The van der Waals surface area contributed by atoms with Crippen LogP contribution in [-0.4, -0.2) is 27.0 Å². The molecule has 9 nitrogen and oxygen atoms in total. The number of nitro groups is 1. The number of hydrogen-bond acceptors (Lipinski definition) is 7. The van der Waals surface area contributed by atoms with Crippen molar-refractivity contribution in [1.82, 2.24) is 9.97 Å². The van der Waals surface area contributed by atoms with Crippen LogP contribution in [0.25, 0.3) is 11.0 Å². The largest absolute Gasteiger partial charge is 0.493 e. The number of pyridine rings is 1. The molecule has 1 aromatic carbocycles. The Hall–Kier alpha value is -3.83. The normalized spacial score (nSPS) is 13.7. The quantitative estimate of drug-likeness (QED) is 0.538. The molecule has 0 aliphatic carbocycles. The number of nitrogens with zero attached hydrogens (tertiary/aromatic N) is 4. The molecular weight excluding hydrogens is 383 g/mol. The Morgan fingerprint density at radius 3 is 2.75 bits per heavy atom. The van der Waals surface area contributed by atoms with E-state index >= 15 is 0 Å². The van der Waals surface area contributed by atoms with Gasteiger partial charge in [-0.15, -0.1) is 5.17 Å². The predicted octanol–water partition coefficient (Wildman–Crippen LogP) is 3.23. The van der Waals surface area contributed by atoms with E-state index in [1.54, 1.807) is 12.3 Å². The van der Waals surface area contributed by atoms with E-state index in [1.165, 1.54) is 29.4 Å². The van der Waals surface area contributed by atoms with Crippen molar-refractivity contribution in [3.8, 4) is 0 Å². The number of aromatic amines is 1. The number of carbonyl (C=O) groups excluding carboxylic acids is 1. The number of hydrazine groups is 1. The van der Waals surface area contributed by atoms with Crippen molar-refractivity contribution >= 4 is 34.1 Å². The highest BCUT2D eigenvalue weighted by Gasteiger charge is 2.45. The molecule has 0 saturated heterocycles. The first-order chi connectivity index (χ1) is 13.3. The van der Waals surface area contributed by atoms with Crippen LogP contribution in [0.3, 0.4) is 0 Å². The van der Waals surface area contributed by atoms with E-state index in [4.69, 9.17) is 0 Å². The first-order valence-electron chi connectivity index (χ1n) is 7.82. The molecule has 1 aliphatic rings. The lowest BCUT2D eigenvalue weighted by Crippen LogP contribution is -2.43. The summed E-state index contributed by atoms with van der Waals surface area (Å²) in [7, 11) is 0. The molecule has 0 fully saturated rings. The molecule has 0 radical (unpaired) electrons. The standard InChI is InChI=1S/C16H10F3N5O4/c17-16(18,19)15(25)28-23-12-2-1-10(24(26)27)7-9(12)8-22(23)13-4-6-21-14-11(13)3-5-20-14/h1-7H,8H2,(H,20,21). The fraction of sp³-hybridized carbons (Fsp3) is 0.125. The topological polar surface area (TPSA) is 105 Å². The summed E-state index contributed by atoms with van der Waals surface area (Å²) in [6.07, 6.45) is -2.18. The molecule has 0 amide bonds. The van der Waals surface area contributed by atoms with Crippen LogP contribution in [0.15, 0.2) is 42.7 Å². The van der Waals surface area contributed by atoms with Gasteiger partial charge in [0.25, 0.3) is 5.69 Å². The van der Waals surface area contributed by atoms with E-state index in [-0.39, 0.29) is 17.9 Å². The molecule has 0 atom stereocenters. The maximum atomic E-state index is 12.8. The van der Waals surface area contributed by atoms with Crippen LogP contribution >= 0.6 is 0 Å². The fourth-order valence-corrected chi connectivity index (χ4v) is 2.94. The lowest BCUT2D eigenvalue weighted by atomic mass is 10.1. The molecule has 3 aromatic rings. The molecule has 3 heterocycles. The summed E-state index contributed by atoms with van der Waals surface area (Å²) in [6, 6.07) is 6.76. The molecule has 1 N–H and O–H groups in total. The summed E-state index contributed by atoms with van der Waals surface area (Å²) in [6.45, 7) is -0.0492. The van der Waals surface area contributed by atoms with E-state index in [9.17, 15) is 28.1 Å². The van der Waals surface area contributed by atoms with Gasteiger partial charge >= 0.3 is 12.1 Å². The number of anilines is 2. The number of H-pyrrole nitrogens is 1. The molecule has 0 saturated carbocycles. The van der Waals surface area contributed by atoms with Gasteiger partial charge in [0.2, 0.25) is 0 Å². The third kappa shape index (κ3) is 2.84. The number of nitrogens with one attached hydrogen (secondary N) is 1. The van der Waals surface area contributed by atoms with E-state index in [2.05, 4.69) is 14.8 Å². The maximum absolute atomic E-state index is 12.8. The Morgan fingerprint density at radius 1 is 1.25 bits per heavy atom. The second kappa shape index (κ2) is 6.11. The average Bonchev–Trinajstić information content (AvgIpc) is 3.25. The van der Waals surface area contributed by atoms with Gasteiger partial charge in [0.15, 0.2) is 0 Å². The third-order valence-electron chi connectivity index (χ3n) is 4.14. The highest BCUT2D eigenvalue weighted by Crippen LogP contribution is 2.39. The van der Waals surface area contributed by atoms with Crippen LogP contribution in [0, 0.1) is 10.1 Å². The predicted molar refractivity (Wildman–Crippen MR) is 90.0 cm³/mol. The number of fused-ring (bicyclic) bond motifs is 2. The number of hydrogen-bond donors (Lipinski definition) is 1. The average molecular weight is 393 g/mol. The number of rotatable bonds is 3. The summed E-state index contributed by atoms with van der Waals surface area (Å²) in [5.74, 6) is -2.41. The molecule has 12 heteroatoms. The highest BCUT2D eigenvalue weighted by atomic mass is 19.4. The molecule has 0 unspecified atom stereocenters. The van der Waals surface area contributed by atoms with Crippen LogP contribution in [-0.2, 0) is 16.2 Å². The van der Waals surface area contributed by atoms with Crippen molar-refractivity contribution in [3.05, 3.63) is 58.4 Å². The van der Waals surface area contributed by atoms with E-state index in [0.717, 1.165) is 6.07 Å². The minimum atomic E-state index is -5.21. The number of aromatic nitrogens is 2. The van der Waals surface area contributed by atoms with Gasteiger partial charge in [0, 0.05) is 35.5 Å². The second-order valence-corrected chi connectivity index (χ2v) is 5.85. The Kier molecular flexibility index (Phi) is 3.84. The molecular formula is C16H10F3N5O4. The Bertz CT molecular complexity index is 1100. The van der Waals surface area contributed by atoms with E-state index in [0.29, 0.717) is 27.5 Å². The number of nitro benzene ring substituents is 1. The van der Waals surface area contributed by atoms with E-state index < -0.39 is 17.1 Å². The molecule has 2 aromatic heterocycles. The lowest BCUT2D eigenvalue weighted by molar-refractivity contribution is -0.384.